The first-order valence-corrected chi connectivity index (χ1v) is 6.65. The molecule has 1 aromatic carbocycles. The van der Waals surface area contributed by atoms with Gasteiger partial charge in [0, 0.05) is 5.56 Å². The van der Waals surface area contributed by atoms with Gasteiger partial charge in [-0.2, -0.15) is 0 Å². The monoisotopic (exact) mass is 374 g/mol. The van der Waals surface area contributed by atoms with Crippen LogP contribution in [-0.4, -0.2) is 16.7 Å². The molecule has 0 unspecified atom stereocenters. The van der Waals surface area contributed by atoms with Crippen LogP contribution in [0.15, 0.2) is 29.3 Å². The molecule has 0 spiro atoms. The second-order valence-corrected chi connectivity index (χ2v) is 5.09. The number of ether oxygens (including phenoxy) is 1. The molecular weight excluding hydrogens is 362 g/mol. The van der Waals surface area contributed by atoms with Gasteiger partial charge in [-0.1, -0.05) is 12.1 Å². The molecule has 0 atom stereocenters. The second kappa shape index (κ2) is 5.68. The van der Waals surface area contributed by atoms with E-state index in [1.54, 1.807) is 25.1 Å². The Morgan fingerprint density at radius 2 is 2.21 bits per heavy atom. The van der Waals surface area contributed by atoms with Crippen molar-refractivity contribution in [2.24, 2.45) is 0 Å². The molecule has 0 bridgehead atoms. The zero-order valence-electron chi connectivity index (χ0n) is 10.5. The van der Waals surface area contributed by atoms with Crippen molar-refractivity contribution >= 4 is 22.6 Å². The average molecular weight is 374 g/mol. The van der Waals surface area contributed by atoms with Gasteiger partial charge in [-0.05, 0) is 35.6 Å². The van der Waals surface area contributed by atoms with Crippen LogP contribution in [0.2, 0.25) is 0 Å². The minimum Gasteiger partial charge on any atom is -0.494 e. The van der Waals surface area contributed by atoms with Crippen molar-refractivity contribution in [1.82, 2.24) is 9.55 Å². The molecule has 2 rings (SSSR count). The predicted octanol–water partition coefficient (Wildman–Crippen LogP) is 2.35. The fourth-order valence-corrected chi connectivity index (χ4v) is 2.13. The quantitative estimate of drug-likeness (QED) is 0.775. The first-order chi connectivity index (χ1) is 9.04. The average Bonchev–Trinajstić information content (AvgIpc) is 2.41. The Morgan fingerprint density at radius 1 is 1.47 bits per heavy atom. The molecule has 4 nitrogen and oxygen atoms in total. The van der Waals surface area contributed by atoms with Gasteiger partial charge in [0.05, 0.1) is 29.2 Å². The first-order valence-electron chi connectivity index (χ1n) is 5.57. The van der Waals surface area contributed by atoms with Crippen LogP contribution in [0.1, 0.15) is 11.3 Å². The number of benzene rings is 1. The summed E-state index contributed by atoms with van der Waals surface area (Å²) in [7, 11) is 1.41. The third-order valence-corrected chi connectivity index (χ3v) is 4.00. The number of rotatable bonds is 3. The van der Waals surface area contributed by atoms with E-state index < -0.39 is 5.82 Å². The van der Waals surface area contributed by atoms with Gasteiger partial charge >= 0.3 is 0 Å². The van der Waals surface area contributed by atoms with E-state index in [0.717, 1.165) is 0 Å². The number of aromatic nitrogens is 2. The summed E-state index contributed by atoms with van der Waals surface area (Å²) in [6.07, 6.45) is 1.43. The fourth-order valence-electron chi connectivity index (χ4n) is 1.68. The van der Waals surface area contributed by atoms with Gasteiger partial charge in [0.1, 0.15) is 0 Å². The Bertz CT molecular complexity index is 670. The normalized spacial score (nSPS) is 10.5. The van der Waals surface area contributed by atoms with Crippen LogP contribution in [0.5, 0.6) is 5.75 Å². The molecule has 1 heterocycles. The number of hydrogen-bond acceptors (Lipinski definition) is 3. The molecule has 0 radical (unpaired) electrons. The highest BCUT2D eigenvalue weighted by Gasteiger charge is 2.11. The van der Waals surface area contributed by atoms with E-state index in [1.807, 2.05) is 22.6 Å². The first kappa shape index (κ1) is 14.0. The minimum absolute atomic E-state index is 0.130. The van der Waals surface area contributed by atoms with E-state index in [9.17, 15) is 9.18 Å². The van der Waals surface area contributed by atoms with Crippen molar-refractivity contribution < 1.29 is 9.13 Å². The van der Waals surface area contributed by atoms with Crippen LogP contribution in [0, 0.1) is 16.3 Å². The molecular formula is C13H12FIN2O2. The summed E-state index contributed by atoms with van der Waals surface area (Å²) < 4.78 is 20.9. The second-order valence-electron chi connectivity index (χ2n) is 4.01. The van der Waals surface area contributed by atoms with E-state index in [4.69, 9.17) is 4.74 Å². The molecule has 0 aliphatic carbocycles. The summed E-state index contributed by atoms with van der Waals surface area (Å²) in [6, 6.07) is 4.85. The van der Waals surface area contributed by atoms with Gasteiger partial charge in [-0.15, -0.1) is 0 Å². The molecule has 2 aromatic rings. The molecule has 0 saturated carbocycles. The SMILES string of the molecule is COc1cccc(Cn2cnc(C)c(I)c2=O)c1F. The molecule has 0 aliphatic rings. The Hall–Kier alpha value is -1.44. The van der Waals surface area contributed by atoms with Crippen LogP contribution in [-0.2, 0) is 6.54 Å². The number of hydrogen-bond donors (Lipinski definition) is 0. The molecule has 0 saturated heterocycles. The standard InChI is InChI=1S/C13H12FIN2O2/c1-8-12(15)13(18)17(7-16-8)6-9-4-3-5-10(19-2)11(9)14/h3-5,7H,6H2,1-2H3. The molecule has 0 fully saturated rings. The maximum Gasteiger partial charge on any atom is 0.267 e. The van der Waals surface area contributed by atoms with Crippen molar-refractivity contribution in [3.63, 3.8) is 0 Å². The highest BCUT2D eigenvalue weighted by molar-refractivity contribution is 14.1. The highest BCUT2D eigenvalue weighted by atomic mass is 127. The molecule has 19 heavy (non-hydrogen) atoms. The molecule has 0 N–H and O–H groups in total. The van der Waals surface area contributed by atoms with Gasteiger partial charge in [-0.3, -0.25) is 9.36 Å². The molecule has 6 heteroatoms. The largest absolute Gasteiger partial charge is 0.494 e. The van der Waals surface area contributed by atoms with Crippen molar-refractivity contribution in [2.45, 2.75) is 13.5 Å². The number of aryl methyl sites for hydroxylation is 1. The van der Waals surface area contributed by atoms with Crippen LogP contribution >= 0.6 is 22.6 Å². The summed E-state index contributed by atoms with van der Waals surface area (Å²) in [5.41, 5.74) is 0.895. The molecule has 0 amide bonds. The van der Waals surface area contributed by atoms with Crippen molar-refractivity contribution in [3.05, 3.63) is 55.5 Å². The maximum atomic E-state index is 14.0. The molecule has 100 valence electrons. The number of halogens is 2. The van der Waals surface area contributed by atoms with Crippen LogP contribution < -0.4 is 10.3 Å². The van der Waals surface area contributed by atoms with Gasteiger partial charge in [0.15, 0.2) is 11.6 Å². The number of methoxy groups -OCH3 is 1. The lowest BCUT2D eigenvalue weighted by Gasteiger charge is -2.10. The van der Waals surface area contributed by atoms with Crippen molar-refractivity contribution in [2.75, 3.05) is 7.11 Å². The third-order valence-electron chi connectivity index (χ3n) is 2.76. The molecule has 0 aliphatic heterocycles. The van der Waals surface area contributed by atoms with Crippen LogP contribution in [0.3, 0.4) is 0 Å². The zero-order valence-corrected chi connectivity index (χ0v) is 12.6. The Balaban J connectivity index is 2.43. The summed E-state index contributed by atoms with van der Waals surface area (Å²) in [6.45, 7) is 1.89. The lowest BCUT2D eigenvalue weighted by molar-refractivity contribution is 0.383. The number of nitrogens with zero attached hydrogens (tertiary/aromatic N) is 2. The van der Waals surface area contributed by atoms with Crippen molar-refractivity contribution in [3.8, 4) is 5.75 Å². The Kier molecular flexibility index (Phi) is 4.18. The third kappa shape index (κ3) is 2.78. The lowest BCUT2D eigenvalue weighted by atomic mass is 10.2. The fraction of sp³-hybridized carbons (Fsp3) is 0.231. The summed E-state index contributed by atoms with van der Waals surface area (Å²) in [5, 5.41) is 0. The predicted molar refractivity (Wildman–Crippen MR) is 78.0 cm³/mol. The van der Waals surface area contributed by atoms with E-state index in [1.165, 1.54) is 18.0 Å². The lowest BCUT2D eigenvalue weighted by Crippen LogP contribution is -2.25. The Morgan fingerprint density at radius 3 is 2.89 bits per heavy atom. The van der Waals surface area contributed by atoms with Crippen molar-refractivity contribution in [1.29, 1.82) is 0 Å². The zero-order chi connectivity index (χ0) is 14.0. The van der Waals surface area contributed by atoms with Crippen LogP contribution in [0.25, 0.3) is 0 Å². The highest BCUT2D eigenvalue weighted by Crippen LogP contribution is 2.20. The van der Waals surface area contributed by atoms with Gasteiger partial charge < -0.3 is 4.74 Å². The molecule has 1 aromatic heterocycles. The van der Waals surface area contributed by atoms with Gasteiger partial charge in [0.25, 0.3) is 5.56 Å². The van der Waals surface area contributed by atoms with E-state index >= 15 is 0 Å². The smallest absolute Gasteiger partial charge is 0.267 e. The summed E-state index contributed by atoms with van der Waals surface area (Å²) >= 11 is 1.95. The van der Waals surface area contributed by atoms with E-state index in [0.29, 0.717) is 14.8 Å². The van der Waals surface area contributed by atoms with Crippen LogP contribution in [0.4, 0.5) is 4.39 Å². The minimum atomic E-state index is -0.451. The van der Waals surface area contributed by atoms with E-state index in [2.05, 4.69) is 4.98 Å². The maximum absolute atomic E-state index is 14.0. The van der Waals surface area contributed by atoms with Gasteiger partial charge in [0.2, 0.25) is 0 Å². The topological polar surface area (TPSA) is 44.1 Å². The van der Waals surface area contributed by atoms with Gasteiger partial charge in [-0.25, -0.2) is 9.37 Å². The summed E-state index contributed by atoms with van der Waals surface area (Å²) in [4.78, 5) is 16.1. The van der Waals surface area contributed by atoms with E-state index in [-0.39, 0.29) is 17.9 Å². The summed E-state index contributed by atoms with van der Waals surface area (Å²) in [5.74, 6) is -0.284. The Labute approximate surface area is 123 Å².